The molecule has 1 fully saturated rings. The molecule has 0 saturated carbocycles. The van der Waals surface area contributed by atoms with E-state index in [-0.39, 0.29) is 35.4 Å². The third kappa shape index (κ3) is 5.04. The molecule has 162 valence electrons. The Labute approximate surface area is 181 Å². The third-order valence-electron chi connectivity index (χ3n) is 4.70. The molecule has 3 atom stereocenters. The maximum atomic E-state index is 12.1. The normalized spacial score (nSPS) is 20.9. The molecule has 1 aliphatic heterocycles. The lowest BCUT2D eigenvalue weighted by atomic mass is 10.2. The smallest absolute Gasteiger partial charge is 0.330 e. The number of aromatic amines is 1. The highest BCUT2D eigenvalue weighted by molar-refractivity contribution is 6.37. The van der Waals surface area contributed by atoms with Gasteiger partial charge in [-0.3, -0.25) is 19.1 Å². The molecule has 11 heteroatoms. The Balaban J connectivity index is 1.56. The lowest BCUT2D eigenvalue weighted by molar-refractivity contribution is -0.124. The zero-order chi connectivity index (χ0) is 21.8. The lowest BCUT2D eigenvalue weighted by Crippen LogP contribution is -2.39. The molecule has 30 heavy (non-hydrogen) atoms. The van der Waals surface area contributed by atoms with Crippen LogP contribution in [0.1, 0.15) is 25.1 Å². The van der Waals surface area contributed by atoms with E-state index in [1.165, 1.54) is 10.8 Å². The van der Waals surface area contributed by atoms with Crippen molar-refractivity contribution in [3.63, 3.8) is 0 Å². The fourth-order valence-electron chi connectivity index (χ4n) is 3.09. The highest BCUT2D eigenvalue weighted by Gasteiger charge is 2.35. The van der Waals surface area contributed by atoms with E-state index in [0.29, 0.717) is 12.0 Å². The molecule has 0 spiro atoms. The number of para-hydroxylation sites is 1. The minimum atomic E-state index is -0.905. The van der Waals surface area contributed by atoms with Gasteiger partial charge in [-0.1, -0.05) is 36.2 Å². The van der Waals surface area contributed by atoms with Crippen LogP contribution in [0.25, 0.3) is 0 Å². The van der Waals surface area contributed by atoms with Crippen molar-refractivity contribution < 1.29 is 19.4 Å². The molecule has 0 radical (unpaired) electrons. The molecule has 1 aromatic heterocycles. The van der Waals surface area contributed by atoms with Crippen molar-refractivity contribution in [3.8, 4) is 5.75 Å². The Morgan fingerprint density at radius 2 is 2.07 bits per heavy atom. The van der Waals surface area contributed by atoms with E-state index in [9.17, 15) is 19.5 Å². The van der Waals surface area contributed by atoms with Crippen molar-refractivity contribution in [2.45, 2.75) is 38.2 Å². The first kappa shape index (κ1) is 22.4. The first-order valence-electron chi connectivity index (χ1n) is 9.31. The van der Waals surface area contributed by atoms with Crippen molar-refractivity contribution in [1.29, 1.82) is 0 Å². The lowest BCUT2D eigenvalue weighted by Gasteiger charge is -2.17. The number of hydrogen-bond acceptors (Lipinski definition) is 6. The van der Waals surface area contributed by atoms with Crippen LogP contribution in [-0.2, 0) is 16.0 Å². The number of aliphatic hydroxyl groups is 1. The SMILES string of the molecule is CCc1cn([C@H]2C[C@H](O)[C@@H](CNC(=O)COc3c(Cl)cccc3Cl)O2)c(=O)[nH]c1=O. The summed E-state index contributed by atoms with van der Waals surface area (Å²) in [5.41, 5.74) is -0.635. The monoisotopic (exact) mass is 457 g/mol. The summed E-state index contributed by atoms with van der Waals surface area (Å²) in [5, 5.41) is 13.4. The second kappa shape index (κ2) is 9.65. The average Bonchev–Trinajstić information content (AvgIpc) is 3.06. The minimum absolute atomic E-state index is 0.00878. The minimum Gasteiger partial charge on any atom is -0.481 e. The van der Waals surface area contributed by atoms with E-state index < -0.39 is 35.6 Å². The predicted octanol–water partition coefficient (Wildman–Crippen LogP) is 1.25. The van der Waals surface area contributed by atoms with Gasteiger partial charge in [0.25, 0.3) is 11.5 Å². The highest BCUT2D eigenvalue weighted by atomic mass is 35.5. The van der Waals surface area contributed by atoms with E-state index in [4.69, 9.17) is 32.7 Å². The summed E-state index contributed by atoms with van der Waals surface area (Å²) >= 11 is 12.0. The van der Waals surface area contributed by atoms with Crippen LogP contribution < -0.4 is 21.3 Å². The van der Waals surface area contributed by atoms with Crippen LogP contribution in [-0.4, -0.2) is 45.9 Å². The first-order chi connectivity index (χ1) is 14.3. The largest absolute Gasteiger partial charge is 0.481 e. The van der Waals surface area contributed by atoms with Crippen molar-refractivity contribution in [3.05, 3.63) is 60.8 Å². The molecule has 0 aliphatic carbocycles. The van der Waals surface area contributed by atoms with Gasteiger partial charge in [-0.25, -0.2) is 4.79 Å². The summed E-state index contributed by atoms with van der Waals surface area (Å²) in [6.07, 6.45) is -0.373. The van der Waals surface area contributed by atoms with Crippen LogP contribution >= 0.6 is 23.2 Å². The summed E-state index contributed by atoms with van der Waals surface area (Å²) in [4.78, 5) is 38.1. The van der Waals surface area contributed by atoms with Gasteiger partial charge < -0.3 is 19.9 Å². The van der Waals surface area contributed by atoms with Crippen LogP contribution in [0.3, 0.4) is 0 Å². The van der Waals surface area contributed by atoms with E-state index >= 15 is 0 Å². The van der Waals surface area contributed by atoms with E-state index in [1.54, 1.807) is 25.1 Å². The molecular weight excluding hydrogens is 437 g/mol. The molecule has 1 aliphatic rings. The van der Waals surface area contributed by atoms with Gasteiger partial charge in [-0.15, -0.1) is 0 Å². The Bertz CT molecular complexity index is 1020. The average molecular weight is 458 g/mol. The Morgan fingerprint density at radius 1 is 1.37 bits per heavy atom. The van der Waals surface area contributed by atoms with E-state index in [0.717, 1.165) is 0 Å². The van der Waals surface area contributed by atoms with Crippen molar-refractivity contribution in [2.24, 2.45) is 0 Å². The van der Waals surface area contributed by atoms with Gasteiger partial charge >= 0.3 is 5.69 Å². The molecule has 1 aromatic carbocycles. The number of amides is 1. The second-order valence-corrected chi connectivity index (χ2v) is 7.56. The molecule has 3 rings (SSSR count). The fraction of sp³-hybridized carbons (Fsp3) is 0.421. The van der Waals surface area contributed by atoms with Crippen LogP contribution in [0.5, 0.6) is 5.75 Å². The van der Waals surface area contributed by atoms with Gasteiger partial charge in [-0.05, 0) is 18.6 Å². The van der Waals surface area contributed by atoms with Gasteiger partial charge in [0.05, 0.1) is 16.1 Å². The zero-order valence-electron chi connectivity index (χ0n) is 16.1. The number of carbonyl (C=O) groups excluding carboxylic acids is 1. The zero-order valence-corrected chi connectivity index (χ0v) is 17.6. The van der Waals surface area contributed by atoms with Crippen molar-refractivity contribution >= 4 is 29.1 Å². The molecule has 1 saturated heterocycles. The number of aromatic nitrogens is 2. The van der Waals surface area contributed by atoms with Gasteiger partial charge in [-0.2, -0.15) is 0 Å². The van der Waals surface area contributed by atoms with Gasteiger partial charge in [0, 0.05) is 24.7 Å². The number of aliphatic hydroxyl groups excluding tert-OH is 1. The van der Waals surface area contributed by atoms with Crippen molar-refractivity contribution in [2.75, 3.05) is 13.2 Å². The maximum Gasteiger partial charge on any atom is 0.330 e. The van der Waals surface area contributed by atoms with Crippen LogP contribution in [0.15, 0.2) is 34.0 Å². The standard InChI is InChI=1S/C19H21Cl2N3O6/c1-2-10-8-24(19(28)23-18(10)27)16-6-13(25)14(30-16)7-22-15(26)9-29-17-11(20)4-3-5-12(17)21/h3-5,8,13-14,16,25H,2,6-7,9H2,1H3,(H,22,26)(H,23,27,28)/t13-,14+,16+/m0/s1. The summed E-state index contributed by atoms with van der Waals surface area (Å²) < 4.78 is 12.3. The van der Waals surface area contributed by atoms with Gasteiger partial charge in [0.2, 0.25) is 0 Å². The number of nitrogens with one attached hydrogen (secondary N) is 2. The molecule has 1 amide bonds. The third-order valence-corrected chi connectivity index (χ3v) is 5.30. The number of ether oxygens (including phenoxy) is 2. The van der Waals surface area contributed by atoms with E-state index in [2.05, 4.69) is 10.3 Å². The summed E-state index contributed by atoms with van der Waals surface area (Å²) in [6.45, 7) is 1.48. The number of hydrogen-bond donors (Lipinski definition) is 3. The molecule has 0 bridgehead atoms. The molecule has 3 N–H and O–H groups in total. The van der Waals surface area contributed by atoms with Gasteiger partial charge in [0.1, 0.15) is 12.3 Å². The summed E-state index contributed by atoms with van der Waals surface area (Å²) in [5.74, 6) is -0.253. The molecular formula is C19H21Cl2N3O6. The Morgan fingerprint density at radius 3 is 2.73 bits per heavy atom. The van der Waals surface area contributed by atoms with Crippen molar-refractivity contribution in [1.82, 2.24) is 14.9 Å². The highest BCUT2D eigenvalue weighted by Crippen LogP contribution is 2.32. The quantitative estimate of drug-likeness (QED) is 0.574. The second-order valence-electron chi connectivity index (χ2n) is 6.75. The summed E-state index contributed by atoms with van der Waals surface area (Å²) in [6, 6.07) is 4.84. The van der Waals surface area contributed by atoms with Crippen LogP contribution in [0, 0.1) is 0 Å². The Hall–Kier alpha value is -2.33. The number of H-pyrrole nitrogens is 1. The number of halogens is 2. The number of rotatable bonds is 7. The predicted molar refractivity (Wildman–Crippen MR) is 110 cm³/mol. The van der Waals surface area contributed by atoms with Crippen LogP contribution in [0.2, 0.25) is 10.0 Å². The number of nitrogens with zero attached hydrogens (tertiary/aromatic N) is 1. The number of carbonyl (C=O) groups is 1. The topological polar surface area (TPSA) is 123 Å². The molecule has 2 aromatic rings. The molecule has 9 nitrogen and oxygen atoms in total. The number of benzene rings is 1. The van der Waals surface area contributed by atoms with Gasteiger partial charge in [0.15, 0.2) is 12.4 Å². The first-order valence-corrected chi connectivity index (χ1v) is 10.1. The molecule has 0 unspecified atom stereocenters. The summed E-state index contributed by atoms with van der Waals surface area (Å²) in [7, 11) is 0. The van der Waals surface area contributed by atoms with Crippen LogP contribution in [0.4, 0.5) is 0 Å². The number of aryl methyl sites for hydroxylation is 1. The Kier molecular flexibility index (Phi) is 7.19. The molecule has 2 heterocycles. The maximum absolute atomic E-state index is 12.1. The fourth-order valence-corrected chi connectivity index (χ4v) is 3.59. The van der Waals surface area contributed by atoms with E-state index in [1.807, 2.05) is 0 Å².